The average Bonchev–Trinajstić information content (AvgIpc) is 3.31. The van der Waals surface area contributed by atoms with Crippen molar-refractivity contribution in [3.05, 3.63) is 79.0 Å². The molecule has 6 rings (SSSR count). The van der Waals surface area contributed by atoms with Crippen molar-refractivity contribution in [3.8, 4) is 11.4 Å². The molecular weight excluding hydrogens is 330 g/mol. The molecule has 0 bridgehead atoms. The number of aromatic nitrogens is 3. The first-order valence-electron chi connectivity index (χ1n) is 9.15. The summed E-state index contributed by atoms with van der Waals surface area (Å²) in [5.74, 6) is 0.920. The van der Waals surface area contributed by atoms with E-state index in [1.807, 2.05) is 0 Å². The molecule has 128 valence electrons. The maximum atomic E-state index is 5.06. The van der Waals surface area contributed by atoms with Crippen LogP contribution in [0.15, 0.2) is 79.0 Å². The maximum absolute atomic E-state index is 5.06. The monoisotopic (exact) mass is 347 g/mol. The minimum Gasteiger partial charge on any atom is -0.350 e. The van der Waals surface area contributed by atoms with Crippen molar-refractivity contribution in [2.24, 2.45) is 7.05 Å². The number of hydrogen-bond donors (Lipinski definition) is 1. The first-order chi connectivity index (χ1) is 13.3. The van der Waals surface area contributed by atoms with Gasteiger partial charge in [-0.1, -0.05) is 66.7 Å². The van der Waals surface area contributed by atoms with Crippen molar-refractivity contribution >= 4 is 43.5 Å². The molecule has 0 radical (unpaired) electrons. The predicted octanol–water partition coefficient (Wildman–Crippen LogP) is 6.03. The van der Waals surface area contributed by atoms with Gasteiger partial charge < -0.3 is 9.55 Å². The molecule has 0 amide bonds. The lowest BCUT2D eigenvalue weighted by molar-refractivity contribution is 0.969. The molecule has 0 saturated carbocycles. The number of imidazole rings is 1. The Hall–Kier alpha value is -3.59. The van der Waals surface area contributed by atoms with Crippen molar-refractivity contribution in [2.45, 2.75) is 0 Å². The van der Waals surface area contributed by atoms with Gasteiger partial charge in [-0.3, -0.25) is 0 Å². The second-order valence-electron chi connectivity index (χ2n) is 7.07. The number of benzene rings is 4. The lowest BCUT2D eigenvalue weighted by atomic mass is 10.0. The van der Waals surface area contributed by atoms with Crippen LogP contribution in [0.25, 0.3) is 54.9 Å². The molecular formula is C24H17N3. The first-order valence-corrected chi connectivity index (χ1v) is 9.15. The Bertz CT molecular complexity index is 1410. The Morgan fingerprint density at radius 2 is 1.30 bits per heavy atom. The highest BCUT2D eigenvalue weighted by atomic mass is 15.0. The maximum Gasteiger partial charge on any atom is 0.140 e. The van der Waals surface area contributed by atoms with Crippen molar-refractivity contribution in [1.29, 1.82) is 0 Å². The fourth-order valence-corrected chi connectivity index (χ4v) is 4.28. The van der Waals surface area contributed by atoms with E-state index in [0.29, 0.717) is 0 Å². The van der Waals surface area contributed by atoms with E-state index in [2.05, 4.69) is 95.6 Å². The molecule has 0 fully saturated rings. The zero-order valence-electron chi connectivity index (χ0n) is 14.9. The van der Waals surface area contributed by atoms with Crippen LogP contribution in [0.3, 0.4) is 0 Å². The first kappa shape index (κ1) is 14.6. The molecule has 3 nitrogen and oxygen atoms in total. The largest absolute Gasteiger partial charge is 0.350 e. The molecule has 0 atom stereocenters. The van der Waals surface area contributed by atoms with Gasteiger partial charge in [-0.2, -0.15) is 0 Å². The van der Waals surface area contributed by atoms with Crippen LogP contribution in [-0.4, -0.2) is 14.5 Å². The van der Waals surface area contributed by atoms with E-state index in [1.54, 1.807) is 0 Å². The third-order valence-corrected chi connectivity index (χ3v) is 5.52. The Morgan fingerprint density at radius 3 is 2.07 bits per heavy atom. The average molecular weight is 347 g/mol. The number of hydrogen-bond acceptors (Lipinski definition) is 1. The van der Waals surface area contributed by atoms with Crippen LogP contribution in [0.1, 0.15) is 0 Å². The molecule has 2 aromatic heterocycles. The Labute approximate surface area is 155 Å². The number of rotatable bonds is 1. The van der Waals surface area contributed by atoms with Crippen LogP contribution in [0.4, 0.5) is 0 Å². The summed E-state index contributed by atoms with van der Waals surface area (Å²) in [6.07, 6.45) is 2.16. The zero-order valence-corrected chi connectivity index (χ0v) is 14.9. The van der Waals surface area contributed by atoms with E-state index >= 15 is 0 Å². The summed E-state index contributed by atoms with van der Waals surface area (Å²) in [6, 6.07) is 25.6. The minimum atomic E-state index is 0.920. The fraction of sp³-hybridized carbons (Fsp3) is 0.0417. The summed E-state index contributed by atoms with van der Waals surface area (Å²) in [6.45, 7) is 0. The highest BCUT2D eigenvalue weighted by Crippen LogP contribution is 2.36. The topological polar surface area (TPSA) is 33.6 Å². The van der Waals surface area contributed by atoms with Gasteiger partial charge >= 0.3 is 0 Å². The molecule has 0 aliphatic rings. The molecule has 1 N–H and O–H groups in total. The molecule has 0 spiro atoms. The van der Waals surface area contributed by atoms with Crippen LogP contribution in [0, 0.1) is 0 Å². The summed E-state index contributed by atoms with van der Waals surface area (Å²) < 4.78 is 2.16. The third-order valence-electron chi connectivity index (χ3n) is 5.52. The number of aromatic amines is 1. The minimum absolute atomic E-state index is 0.920. The molecule has 3 heteroatoms. The standard InChI is InChI=1S/C24H17N3/c1-27-14-20(17-10-6-7-13-21(17)27)24-25-22-18-11-4-2-8-15(18)16-9-3-5-12-19(16)23(22)26-24/h2-14H,1H3,(H,25,26). The summed E-state index contributed by atoms with van der Waals surface area (Å²) in [5.41, 5.74) is 4.49. The number of fused-ring (bicyclic) bond motifs is 7. The highest BCUT2D eigenvalue weighted by Gasteiger charge is 2.16. The van der Waals surface area contributed by atoms with Crippen LogP contribution < -0.4 is 0 Å². The molecule has 6 aromatic rings. The van der Waals surface area contributed by atoms with Crippen molar-refractivity contribution in [1.82, 2.24) is 14.5 Å². The molecule has 0 unspecified atom stereocenters. The smallest absolute Gasteiger partial charge is 0.140 e. The van der Waals surface area contributed by atoms with Gasteiger partial charge in [0.2, 0.25) is 0 Å². The van der Waals surface area contributed by atoms with Gasteiger partial charge in [0.15, 0.2) is 0 Å². The van der Waals surface area contributed by atoms with Gasteiger partial charge in [-0.25, -0.2) is 4.98 Å². The second-order valence-corrected chi connectivity index (χ2v) is 7.07. The van der Waals surface area contributed by atoms with Gasteiger partial charge in [-0.15, -0.1) is 0 Å². The lowest BCUT2D eigenvalue weighted by Crippen LogP contribution is -1.82. The van der Waals surface area contributed by atoms with Crippen molar-refractivity contribution < 1.29 is 0 Å². The van der Waals surface area contributed by atoms with E-state index < -0.39 is 0 Å². The van der Waals surface area contributed by atoms with E-state index in [4.69, 9.17) is 4.98 Å². The van der Waals surface area contributed by atoms with Gasteiger partial charge in [0.1, 0.15) is 5.82 Å². The van der Waals surface area contributed by atoms with Crippen molar-refractivity contribution in [3.63, 3.8) is 0 Å². The fourth-order valence-electron chi connectivity index (χ4n) is 4.28. The van der Waals surface area contributed by atoms with Gasteiger partial charge in [0, 0.05) is 40.5 Å². The third kappa shape index (κ3) is 1.94. The van der Waals surface area contributed by atoms with Crippen LogP contribution >= 0.6 is 0 Å². The summed E-state index contributed by atoms with van der Waals surface area (Å²) in [5, 5.41) is 6.12. The van der Waals surface area contributed by atoms with Gasteiger partial charge in [0.05, 0.1) is 11.0 Å². The van der Waals surface area contributed by atoms with E-state index in [-0.39, 0.29) is 0 Å². The molecule has 0 aliphatic heterocycles. The normalized spacial score (nSPS) is 11.9. The van der Waals surface area contributed by atoms with Gasteiger partial charge in [-0.05, 0) is 16.8 Å². The Kier molecular flexibility index (Phi) is 2.81. The lowest BCUT2D eigenvalue weighted by Gasteiger charge is -2.05. The number of nitrogens with zero attached hydrogens (tertiary/aromatic N) is 2. The quantitative estimate of drug-likeness (QED) is 0.362. The number of nitrogens with one attached hydrogen (secondary N) is 1. The van der Waals surface area contributed by atoms with E-state index in [1.165, 1.54) is 32.4 Å². The molecule has 2 heterocycles. The number of H-pyrrole nitrogens is 1. The number of aryl methyl sites for hydroxylation is 1. The number of para-hydroxylation sites is 1. The summed E-state index contributed by atoms with van der Waals surface area (Å²) in [7, 11) is 2.08. The van der Waals surface area contributed by atoms with Gasteiger partial charge in [0.25, 0.3) is 0 Å². The summed E-state index contributed by atoms with van der Waals surface area (Å²) >= 11 is 0. The van der Waals surface area contributed by atoms with E-state index in [0.717, 1.165) is 22.4 Å². The van der Waals surface area contributed by atoms with Crippen LogP contribution in [-0.2, 0) is 7.05 Å². The van der Waals surface area contributed by atoms with Crippen molar-refractivity contribution in [2.75, 3.05) is 0 Å². The molecule has 0 aliphatic carbocycles. The zero-order chi connectivity index (χ0) is 18.0. The van der Waals surface area contributed by atoms with Crippen LogP contribution in [0.2, 0.25) is 0 Å². The Morgan fingerprint density at radius 1 is 0.704 bits per heavy atom. The predicted molar refractivity (Wildman–Crippen MR) is 113 cm³/mol. The SMILES string of the molecule is Cn1cc(-c2nc3c4ccccc4c4ccccc4c3[nH]2)c2ccccc21. The molecule has 27 heavy (non-hydrogen) atoms. The van der Waals surface area contributed by atoms with Crippen LogP contribution in [0.5, 0.6) is 0 Å². The second kappa shape index (κ2) is 5.21. The Balaban J connectivity index is 1.78. The van der Waals surface area contributed by atoms with E-state index in [9.17, 15) is 0 Å². The molecule has 0 saturated heterocycles. The highest BCUT2D eigenvalue weighted by molar-refractivity contribution is 6.23. The molecule has 4 aromatic carbocycles. The summed E-state index contributed by atoms with van der Waals surface area (Å²) in [4.78, 5) is 8.68.